The first-order valence-electron chi connectivity index (χ1n) is 5.70. The van der Waals surface area contributed by atoms with Gasteiger partial charge in [-0.15, -0.1) is 0 Å². The van der Waals surface area contributed by atoms with Gasteiger partial charge in [-0.1, -0.05) is 28.1 Å². The van der Waals surface area contributed by atoms with Crippen LogP contribution in [0.25, 0.3) is 0 Å². The van der Waals surface area contributed by atoms with Crippen LogP contribution < -0.4 is 4.74 Å². The van der Waals surface area contributed by atoms with E-state index < -0.39 is 0 Å². The molecular weight excluding hydrogens is 311 g/mol. The van der Waals surface area contributed by atoms with Gasteiger partial charge >= 0.3 is 0 Å². The molecule has 19 heavy (non-hydrogen) atoms. The maximum absolute atomic E-state index is 13.2. The third-order valence-electron chi connectivity index (χ3n) is 2.68. The topological polar surface area (TPSA) is 26.3 Å². The third-order valence-corrected chi connectivity index (χ3v) is 3.14. The summed E-state index contributed by atoms with van der Waals surface area (Å²) in [4.78, 5) is 12.1. The maximum Gasteiger partial charge on any atom is 0.167 e. The SMILES string of the molecule is COc1cccc(C(=O)Cc2cc(F)cc(Br)c2)c1. The number of benzene rings is 2. The minimum atomic E-state index is -0.359. The van der Waals surface area contributed by atoms with Gasteiger partial charge in [0.25, 0.3) is 0 Å². The van der Waals surface area contributed by atoms with Gasteiger partial charge in [0.15, 0.2) is 5.78 Å². The Hall–Kier alpha value is -1.68. The summed E-state index contributed by atoms with van der Waals surface area (Å²) in [5.41, 5.74) is 1.19. The number of carbonyl (C=O) groups excluding carboxylic acids is 1. The summed E-state index contributed by atoms with van der Waals surface area (Å²) in [6.45, 7) is 0. The van der Waals surface area contributed by atoms with Crippen molar-refractivity contribution in [2.24, 2.45) is 0 Å². The van der Waals surface area contributed by atoms with Crippen LogP contribution in [-0.2, 0) is 6.42 Å². The number of hydrogen-bond acceptors (Lipinski definition) is 2. The number of halogens is 2. The molecule has 0 aromatic heterocycles. The summed E-state index contributed by atoms with van der Waals surface area (Å²) >= 11 is 3.21. The fraction of sp³-hybridized carbons (Fsp3) is 0.133. The number of Topliss-reactive ketones (excluding diaryl/α,β-unsaturated/α-hetero) is 1. The minimum absolute atomic E-state index is 0.0728. The maximum atomic E-state index is 13.2. The van der Waals surface area contributed by atoms with Crippen LogP contribution in [0.2, 0.25) is 0 Å². The van der Waals surface area contributed by atoms with Crippen LogP contribution >= 0.6 is 15.9 Å². The van der Waals surface area contributed by atoms with Gasteiger partial charge in [-0.25, -0.2) is 4.39 Å². The van der Waals surface area contributed by atoms with Gasteiger partial charge in [0.1, 0.15) is 11.6 Å². The Morgan fingerprint density at radius 2 is 2.05 bits per heavy atom. The van der Waals surface area contributed by atoms with Crippen molar-refractivity contribution in [2.45, 2.75) is 6.42 Å². The summed E-state index contributed by atoms with van der Waals surface area (Å²) in [6.07, 6.45) is 0.156. The monoisotopic (exact) mass is 322 g/mol. The van der Waals surface area contributed by atoms with Crippen molar-refractivity contribution in [1.29, 1.82) is 0 Å². The second-order valence-electron chi connectivity index (χ2n) is 4.11. The van der Waals surface area contributed by atoms with E-state index in [9.17, 15) is 9.18 Å². The Labute approximate surface area is 119 Å². The summed E-state index contributed by atoms with van der Waals surface area (Å²) < 4.78 is 18.9. The van der Waals surface area contributed by atoms with Crippen LogP contribution in [-0.4, -0.2) is 12.9 Å². The predicted molar refractivity (Wildman–Crippen MR) is 75.1 cm³/mol. The average molecular weight is 323 g/mol. The Morgan fingerprint density at radius 3 is 2.74 bits per heavy atom. The van der Waals surface area contributed by atoms with Crippen molar-refractivity contribution in [2.75, 3.05) is 7.11 Å². The molecule has 0 aliphatic heterocycles. The van der Waals surface area contributed by atoms with E-state index in [0.29, 0.717) is 21.3 Å². The lowest BCUT2D eigenvalue weighted by Gasteiger charge is -2.05. The number of hydrogen-bond donors (Lipinski definition) is 0. The molecule has 0 fully saturated rings. The van der Waals surface area contributed by atoms with Gasteiger partial charge in [-0.05, 0) is 35.9 Å². The van der Waals surface area contributed by atoms with E-state index in [1.54, 1.807) is 37.4 Å². The van der Waals surface area contributed by atoms with Crippen LogP contribution in [0.5, 0.6) is 5.75 Å². The van der Waals surface area contributed by atoms with Crippen LogP contribution in [0.3, 0.4) is 0 Å². The zero-order chi connectivity index (χ0) is 13.8. The normalized spacial score (nSPS) is 10.3. The van der Waals surface area contributed by atoms with Crippen molar-refractivity contribution in [3.8, 4) is 5.75 Å². The fourth-order valence-electron chi connectivity index (χ4n) is 1.80. The lowest BCUT2D eigenvalue weighted by molar-refractivity contribution is 0.0992. The third kappa shape index (κ3) is 3.64. The summed E-state index contributed by atoms with van der Waals surface area (Å²) in [5.74, 6) is 0.200. The Bertz CT molecular complexity index is 591. The second kappa shape index (κ2) is 5.97. The number of ether oxygens (including phenoxy) is 1. The molecule has 0 saturated heterocycles. The first-order chi connectivity index (χ1) is 9.08. The zero-order valence-corrected chi connectivity index (χ0v) is 11.9. The van der Waals surface area contributed by atoms with Gasteiger partial charge in [0, 0.05) is 16.5 Å². The zero-order valence-electron chi connectivity index (χ0n) is 10.3. The smallest absolute Gasteiger partial charge is 0.167 e. The summed E-state index contributed by atoms with van der Waals surface area (Å²) in [6, 6.07) is 11.4. The van der Waals surface area contributed by atoms with Crippen LogP contribution in [0.15, 0.2) is 46.9 Å². The van der Waals surface area contributed by atoms with Crippen LogP contribution in [0.4, 0.5) is 4.39 Å². The molecule has 2 nitrogen and oxygen atoms in total. The molecule has 0 spiro atoms. The lowest BCUT2D eigenvalue weighted by atomic mass is 10.0. The molecule has 2 aromatic rings. The van der Waals surface area contributed by atoms with Gasteiger partial charge in [0.05, 0.1) is 7.11 Å². The second-order valence-corrected chi connectivity index (χ2v) is 5.03. The van der Waals surface area contributed by atoms with Gasteiger partial charge < -0.3 is 4.74 Å². The summed E-state index contributed by atoms with van der Waals surface area (Å²) in [7, 11) is 1.55. The van der Waals surface area contributed by atoms with Crippen molar-refractivity contribution >= 4 is 21.7 Å². The Morgan fingerprint density at radius 1 is 1.26 bits per heavy atom. The number of carbonyl (C=O) groups is 1. The van der Waals surface area contributed by atoms with E-state index in [4.69, 9.17) is 4.74 Å². The number of rotatable bonds is 4. The molecule has 4 heteroatoms. The molecule has 0 bridgehead atoms. The van der Waals surface area contributed by atoms with E-state index in [-0.39, 0.29) is 18.0 Å². The first kappa shape index (κ1) is 13.7. The molecular formula is C15H12BrFO2. The van der Waals surface area contributed by atoms with Gasteiger partial charge in [-0.3, -0.25) is 4.79 Å². The molecule has 98 valence electrons. The number of methoxy groups -OCH3 is 1. The van der Waals surface area contributed by atoms with Crippen molar-refractivity contribution < 1.29 is 13.9 Å². The average Bonchev–Trinajstić information content (AvgIpc) is 2.37. The fourth-order valence-corrected chi connectivity index (χ4v) is 2.31. The largest absolute Gasteiger partial charge is 0.497 e. The molecule has 0 heterocycles. The molecule has 2 rings (SSSR count). The first-order valence-corrected chi connectivity index (χ1v) is 6.50. The van der Waals surface area contributed by atoms with Crippen LogP contribution in [0.1, 0.15) is 15.9 Å². The van der Waals surface area contributed by atoms with Crippen molar-refractivity contribution in [1.82, 2.24) is 0 Å². The number of ketones is 1. The van der Waals surface area contributed by atoms with Gasteiger partial charge in [-0.2, -0.15) is 0 Å². The van der Waals surface area contributed by atoms with E-state index in [1.807, 2.05) is 0 Å². The summed E-state index contributed by atoms with van der Waals surface area (Å²) in [5, 5.41) is 0. The standard InChI is InChI=1S/C15H12BrFO2/c1-19-14-4-2-3-11(8-14)15(18)7-10-5-12(16)9-13(17)6-10/h2-6,8-9H,7H2,1H3. The highest BCUT2D eigenvalue weighted by Gasteiger charge is 2.09. The highest BCUT2D eigenvalue weighted by molar-refractivity contribution is 9.10. The van der Waals surface area contributed by atoms with E-state index in [0.717, 1.165) is 0 Å². The molecule has 0 unspecified atom stereocenters. The quantitative estimate of drug-likeness (QED) is 0.795. The van der Waals surface area contributed by atoms with Crippen LogP contribution in [0, 0.1) is 5.82 Å². The molecule has 0 amide bonds. The molecule has 0 N–H and O–H groups in total. The van der Waals surface area contributed by atoms with Gasteiger partial charge in [0.2, 0.25) is 0 Å². The molecule has 0 radical (unpaired) electrons. The molecule has 2 aromatic carbocycles. The highest BCUT2D eigenvalue weighted by Crippen LogP contribution is 2.18. The lowest BCUT2D eigenvalue weighted by Crippen LogP contribution is -2.04. The van der Waals surface area contributed by atoms with Crippen molar-refractivity contribution in [3.05, 3.63) is 63.9 Å². The Balaban J connectivity index is 2.20. The highest BCUT2D eigenvalue weighted by atomic mass is 79.9. The van der Waals surface area contributed by atoms with E-state index in [1.165, 1.54) is 12.1 Å². The van der Waals surface area contributed by atoms with Crippen molar-refractivity contribution in [3.63, 3.8) is 0 Å². The predicted octanol–water partition coefficient (Wildman–Crippen LogP) is 4.02. The molecule has 0 saturated carbocycles. The minimum Gasteiger partial charge on any atom is -0.497 e. The molecule has 0 aliphatic rings. The van der Waals surface area contributed by atoms with E-state index in [2.05, 4.69) is 15.9 Å². The van der Waals surface area contributed by atoms with E-state index >= 15 is 0 Å². The molecule has 0 aliphatic carbocycles. The Kier molecular flexibility index (Phi) is 4.32. The molecule has 0 atom stereocenters.